The first-order chi connectivity index (χ1) is 8.99. The number of rotatable bonds is 2. The van der Waals surface area contributed by atoms with Gasteiger partial charge in [-0.1, -0.05) is 34.8 Å². The minimum absolute atomic E-state index is 0.0416. The molecule has 0 aliphatic carbocycles. The Kier molecular flexibility index (Phi) is 4.09. The first-order valence-electron chi connectivity index (χ1n) is 5.01. The van der Waals surface area contributed by atoms with Gasteiger partial charge < -0.3 is 11.1 Å². The van der Waals surface area contributed by atoms with Gasteiger partial charge in [0.2, 0.25) is 0 Å². The Labute approximate surface area is 123 Å². The van der Waals surface area contributed by atoms with Crippen LogP contribution in [0, 0.1) is 0 Å². The minimum atomic E-state index is -0.483. The summed E-state index contributed by atoms with van der Waals surface area (Å²) in [5, 5.41) is 2.81. The van der Waals surface area contributed by atoms with E-state index < -0.39 is 5.91 Å². The maximum Gasteiger partial charge on any atom is 0.257 e. The molecule has 19 heavy (non-hydrogen) atoms. The minimum Gasteiger partial charge on any atom is -0.399 e. The van der Waals surface area contributed by atoms with Crippen molar-refractivity contribution in [1.82, 2.24) is 9.97 Å². The number of hydrogen-bond acceptors (Lipinski definition) is 4. The fourth-order valence-electron chi connectivity index (χ4n) is 1.34. The lowest BCUT2D eigenvalue weighted by molar-refractivity contribution is 0.102. The molecule has 2 aromatic rings. The van der Waals surface area contributed by atoms with Crippen LogP contribution < -0.4 is 11.1 Å². The van der Waals surface area contributed by atoms with E-state index in [9.17, 15) is 4.79 Å². The van der Waals surface area contributed by atoms with Crippen LogP contribution in [-0.4, -0.2) is 15.9 Å². The molecule has 1 aromatic heterocycles. The number of nitrogens with one attached hydrogen (secondary N) is 1. The van der Waals surface area contributed by atoms with E-state index in [-0.39, 0.29) is 26.6 Å². The zero-order chi connectivity index (χ0) is 14.0. The number of halogens is 3. The summed E-state index contributed by atoms with van der Waals surface area (Å²) >= 11 is 17.6. The molecule has 2 rings (SSSR count). The van der Waals surface area contributed by atoms with E-state index in [0.717, 1.165) is 0 Å². The molecule has 1 heterocycles. The molecule has 0 bridgehead atoms. The molecule has 0 saturated heterocycles. The van der Waals surface area contributed by atoms with Gasteiger partial charge in [-0.25, -0.2) is 9.97 Å². The molecule has 0 fully saturated rings. The van der Waals surface area contributed by atoms with Crippen molar-refractivity contribution in [2.45, 2.75) is 0 Å². The Bertz CT molecular complexity index is 628. The first-order valence-corrected chi connectivity index (χ1v) is 6.15. The molecular formula is C11H7Cl3N4O. The number of amides is 1. The number of hydrogen-bond donors (Lipinski definition) is 2. The number of anilines is 2. The lowest BCUT2D eigenvalue weighted by Gasteiger charge is -2.09. The van der Waals surface area contributed by atoms with E-state index in [1.54, 1.807) is 6.07 Å². The van der Waals surface area contributed by atoms with Crippen LogP contribution in [-0.2, 0) is 0 Å². The molecule has 0 aliphatic heterocycles. The van der Waals surface area contributed by atoms with Crippen LogP contribution in [0.2, 0.25) is 15.3 Å². The molecule has 0 spiro atoms. The van der Waals surface area contributed by atoms with E-state index >= 15 is 0 Å². The van der Waals surface area contributed by atoms with Crippen molar-refractivity contribution >= 4 is 52.1 Å². The SMILES string of the molecule is Nc1ccc(C(=O)Nc2c(Cl)ncnc2Cl)c(Cl)c1. The molecule has 8 heteroatoms. The van der Waals surface area contributed by atoms with Crippen molar-refractivity contribution in [2.75, 3.05) is 11.1 Å². The molecule has 98 valence electrons. The van der Waals surface area contributed by atoms with Gasteiger partial charge in [-0.2, -0.15) is 0 Å². The fourth-order valence-corrected chi connectivity index (χ4v) is 2.03. The Morgan fingerprint density at radius 1 is 1.16 bits per heavy atom. The Hall–Kier alpha value is -1.56. The highest BCUT2D eigenvalue weighted by molar-refractivity contribution is 6.39. The van der Waals surface area contributed by atoms with Crippen molar-refractivity contribution in [3.05, 3.63) is 45.4 Å². The predicted octanol–water partition coefficient (Wildman–Crippen LogP) is 3.27. The number of carbonyl (C=O) groups excluding carboxylic acids is 1. The second kappa shape index (κ2) is 5.61. The topological polar surface area (TPSA) is 80.9 Å². The van der Waals surface area contributed by atoms with E-state index in [1.807, 2.05) is 0 Å². The van der Waals surface area contributed by atoms with Gasteiger partial charge in [-0.05, 0) is 18.2 Å². The summed E-state index contributed by atoms with van der Waals surface area (Å²) in [4.78, 5) is 19.5. The summed E-state index contributed by atoms with van der Waals surface area (Å²) in [5.41, 5.74) is 6.38. The van der Waals surface area contributed by atoms with E-state index in [2.05, 4.69) is 15.3 Å². The smallest absolute Gasteiger partial charge is 0.257 e. The molecule has 0 radical (unpaired) electrons. The number of benzene rings is 1. The molecule has 5 nitrogen and oxygen atoms in total. The van der Waals surface area contributed by atoms with Crippen LogP contribution in [0.3, 0.4) is 0 Å². The van der Waals surface area contributed by atoms with Crippen molar-refractivity contribution in [1.29, 1.82) is 0 Å². The zero-order valence-corrected chi connectivity index (χ0v) is 11.6. The van der Waals surface area contributed by atoms with Gasteiger partial charge in [0, 0.05) is 5.69 Å². The summed E-state index contributed by atoms with van der Waals surface area (Å²) in [5.74, 6) is -0.483. The Morgan fingerprint density at radius 2 is 1.79 bits per heavy atom. The monoisotopic (exact) mass is 316 g/mol. The third-order valence-corrected chi connectivity index (χ3v) is 3.12. The maximum atomic E-state index is 12.0. The van der Waals surface area contributed by atoms with E-state index in [1.165, 1.54) is 18.5 Å². The van der Waals surface area contributed by atoms with Crippen LogP contribution >= 0.6 is 34.8 Å². The molecule has 0 aliphatic rings. The van der Waals surface area contributed by atoms with Crippen molar-refractivity contribution in [3.8, 4) is 0 Å². The predicted molar refractivity (Wildman–Crippen MR) is 75.9 cm³/mol. The van der Waals surface area contributed by atoms with Crippen LogP contribution in [0.1, 0.15) is 10.4 Å². The Balaban J connectivity index is 2.31. The van der Waals surface area contributed by atoms with Crippen LogP contribution in [0.15, 0.2) is 24.5 Å². The van der Waals surface area contributed by atoms with Gasteiger partial charge in [-0.15, -0.1) is 0 Å². The van der Waals surface area contributed by atoms with Crippen molar-refractivity contribution < 1.29 is 4.79 Å². The second-order valence-electron chi connectivity index (χ2n) is 3.52. The quantitative estimate of drug-likeness (QED) is 0.658. The average Bonchev–Trinajstić information content (AvgIpc) is 2.33. The number of carbonyl (C=O) groups is 1. The molecule has 1 amide bonds. The van der Waals surface area contributed by atoms with E-state index in [4.69, 9.17) is 40.5 Å². The fraction of sp³-hybridized carbons (Fsp3) is 0. The molecule has 3 N–H and O–H groups in total. The summed E-state index contributed by atoms with van der Waals surface area (Å²) in [6, 6.07) is 4.53. The molecule has 0 unspecified atom stereocenters. The highest BCUT2D eigenvalue weighted by Crippen LogP contribution is 2.27. The van der Waals surface area contributed by atoms with Gasteiger partial charge in [0.1, 0.15) is 12.0 Å². The van der Waals surface area contributed by atoms with Crippen molar-refractivity contribution in [2.24, 2.45) is 0 Å². The third kappa shape index (κ3) is 3.07. The van der Waals surface area contributed by atoms with Gasteiger partial charge in [0.15, 0.2) is 10.3 Å². The highest BCUT2D eigenvalue weighted by atomic mass is 35.5. The standard InChI is InChI=1S/C11H7Cl3N4O/c12-7-3-5(15)1-2-6(7)11(19)18-8-9(13)16-4-17-10(8)14/h1-4H,15H2,(H,18,19). The largest absolute Gasteiger partial charge is 0.399 e. The number of nitrogen functional groups attached to an aromatic ring is 1. The normalized spacial score (nSPS) is 10.3. The van der Waals surface area contributed by atoms with Gasteiger partial charge in [-0.3, -0.25) is 4.79 Å². The van der Waals surface area contributed by atoms with Crippen LogP contribution in [0.25, 0.3) is 0 Å². The van der Waals surface area contributed by atoms with Crippen LogP contribution in [0.4, 0.5) is 11.4 Å². The zero-order valence-electron chi connectivity index (χ0n) is 9.32. The molecule has 1 aromatic carbocycles. The van der Waals surface area contributed by atoms with Crippen LogP contribution in [0.5, 0.6) is 0 Å². The second-order valence-corrected chi connectivity index (χ2v) is 4.65. The van der Waals surface area contributed by atoms with Gasteiger partial charge in [0.25, 0.3) is 5.91 Å². The summed E-state index contributed by atoms with van der Waals surface area (Å²) in [6.45, 7) is 0. The Morgan fingerprint density at radius 3 is 2.37 bits per heavy atom. The summed E-state index contributed by atoms with van der Waals surface area (Å²) in [7, 11) is 0. The maximum absolute atomic E-state index is 12.0. The first kappa shape index (κ1) is 13.9. The average molecular weight is 318 g/mol. The summed E-state index contributed by atoms with van der Waals surface area (Å²) in [6.07, 6.45) is 1.19. The molecular weight excluding hydrogens is 311 g/mol. The lowest BCUT2D eigenvalue weighted by Crippen LogP contribution is -2.14. The third-order valence-electron chi connectivity index (χ3n) is 2.23. The molecule has 0 atom stereocenters. The van der Waals surface area contributed by atoms with E-state index in [0.29, 0.717) is 5.69 Å². The number of aromatic nitrogens is 2. The number of nitrogens with two attached hydrogens (primary N) is 1. The highest BCUT2D eigenvalue weighted by Gasteiger charge is 2.15. The number of nitrogens with zero attached hydrogens (tertiary/aromatic N) is 2. The van der Waals surface area contributed by atoms with Crippen molar-refractivity contribution in [3.63, 3.8) is 0 Å². The lowest BCUT2D eigenvalue weighted by atomic mass is 10.2. The van der Waals surface area contributed by atoms with Gasteiger partial charge in [0.05, 0.1) is 10.6 Å². The summed E-state index contributed by atoms with van der Waals surface area (Å²) < 4.78 is 0. The molecule has 0 saturated carbocycles. The van der Waals surface area contributed by atoms with Gasteiger partial charge >= 0.3 is 0 Å².